The molecule has 1 saturated heterocycles. The second-order valence-electron chi connectivity index (χ2n) is 10.3. The second kappa shape index (κ2) is 8.63. The molecule has 4 aromatic rings. The molecular weight excluding hydrogens is 486 g/mol. The highest BCUT2D eigenvalue weighted by Crippen LogP contribution is 2.60. The Bertz CT molecular complexity index is 1640. The Hall–Kier alpha value is -4.77. The van der Waals surface area contributed by atoms with E-state index in [9.17, 15) is 14.4 Å². The summed E-state index contributed by atoms with van der Waals surface area (Å²) in [7, 11) is 1.58. The van der Waals surface area contributed by atoms with E-state index in [-0.39, 0.29) is 17.3 Å². The van der Waals surface area contributed by atoms with E-state index in [0.29, 0.717) is 22.4 Å². The normalized spacial score (nSPS) is 22.0. The lowest BCUT2D eigenvalue weighted by Gasteiger charge is -2.37. The van der Waals surface area contributed by atoms with Crippen molar-refractivity contribution in [2.75, 3.05) is 12.0 Å². The van der Waals surface area contributed by atoms with Gasteiger partial charge in [-0.15, -0.1) is 0 Å². The molecule has 5 nitrogen and oxygen atoms in total. The standard InChI is InChI=1S/C34H25NO4/c1-39-24-18-15-23(16-19-24)31(36)30-29(22-10-3-2-4-11-22)34(32(37)25-12-6-7-13-26(25)33(34)38)28-20-17-21-9-5-8-14-27(21)35(28)30/h2-20,28-30H,1H3. The van der Waals surface area contributed by atoms with Crippen LogP contribution in [0, 0.1) is 5.41 Å². The summed E-state index contributed by atoms with van der Waals surface area (Å²) in [5.41, 5.74) is 2.44. The average molecular weight is 512 g/mol. The Labute approximate surface area is 226 Å². The Morgan fingerprint density at radius 2 is 1.38 bits per heavy atom. The summed E-state index contributed by atoms with van der Waals surface area (Å²) < 4.78 is 5.32. The number of benzene rings is 4. The summed E-state index contributed by atoms with van der Waals surface area (Å²) in [6, 6.07) is 30.1. The van der Waals surface area contributed by atoms with Gasteiger partial charge in [0.05, 0.1) is 13.2 Å². The van der Waals surface area contributed by atoms with Gasteiger partial charge in [0.15, 0.2) is 17.3 Å². The molecule has 4 aromatic carbocycles. The van der Waals surface area contributed by atoms with E-state index in [2.05, 4.69) is 0 Å². The average Bonchev–Trinajstić information content (AvgIpc) is 3.43. The van der Waals surface area contributed by atoms with Crippen LogP contribution in [0.5, 0.6) is 5.75 Å². The first-order chi connectivity index (χ1) is 19.1. The molecule has 1 aliphatic carbocycles. The highest BCUT2D eigenvalue weighted by Gasteiger charge is 2.71. The SMILES string of the molecule is COc1ccc(C(=O)C2C(c3ccccc3)C3(C(=O)c4ccccc4C3=O)C3C=Cc4ccccc4N23)cc1. The van der Waals surface area contributed by atoms with Gasteiger partial charge in [-0.3, -0.25) is 14.4 Å². The maximum absolute atomic E-state index is 14.6. The summed E-state index contributed by atoms with van der Waals surface area (Å²) in [5, 5.41) is 0. The minimum atomic E-state index is -1.48. The van der Waals surface area contributed by atoms with Crippen molar-refractivity contribution < 1.29 is 19.1 Å². The van der Waals surface area contributed by atoms with Crippen LogP contribution in [-0.2, 0) is 0 Å². The van der Waals surface area contributed by atoms with Crippen LogP contribution < -0.4 is 9.64 Å². The molecule has 1 fully saturated rings. The number of para-hydroxylation sites is 1. The van der Waals surface area contributed by atoms with E-state index < -0.39 is 23.4 Å². The van der Waals surface area contributed by atoms with Crippen molar-refractivity contribution in [3.05, 3.63) is 137 Å². The van der Waals surface area contributed by atoms with Gasteiger partial charge >= 0.3 is 0 Å². The molecule has 0 aromatic heterocycles. The lowest BCUT2D eigenvalue weighted by atomic mass is 9.64. The minimum Gasteiger partial charge on any atom is -0.497 e. The van der Waals surface area contributed by atoms with Gasteiger partial charge in [0.1, 0.15) is 17.2 Å². The van der Waals surface area contributed by atoms with Gasteiger partial charge in [0.25, 0.3) is 0 Å². The van der Waals surface area contributed by atoms with Gasteiger partial charge in [0, 0.05) is 28.3 Å². The molecule has 190 valence electrons. The van der Waals surface area contributed by atoms with Crippen LogP contribution in [0.3, 0.4) is 0 Å². The fraction of sp³-hybridized carbons (Fsp3) is 0.147. The van der Waals surface area contributed by atoms with Crippen molar-refractivity contribution in [3.8, 4) is 5.75 Å². The molecule has 0 bridgehead atoms. The molecule has 2 aliphatic heterocycles. The van der Waals surface area contributed by atoms with E-state index in [4.69, 9.17) is 4.74 Å². The Morgan fingerprint density at radius 3 is 2.05 bits per heavy atom. The van der Waals surface area contributed by atoms with Crippen molar-refractivity contribution in [3.63, 3.8) is 0 Å². The highest BCUT2D eigenvalue weighted by atomic mass is 16.5. The maximum atomic E-state index is 14.6. The number of methoxy groups -OCH3 is 1. The van der Waals surface area contributed by atoms with Gasteiger partial charge in [-0.2, -0.15) is 0 Å². The van der Waals surface area contributed by atoms with Crippen LogP contribution in [0.1, 0.15) is 48.1 Å². The zero-order valence-corrected chi connectivity index (χ0v) is 21.3. The number of Topliss-reactive ketones (excluding diaryl/α,β-unsaturated/α-hetero) is 3. The first-order valence-corrected chi connectivity index (χ1v) is 13.0. The van der Waals surface area contributed by atoms with Gasteiger partial charge in [-0.05, 0) is 41.5 Å². The predicted molar refractivity (Wildman–Crippen MR) is 150 cm³/mol. The van der Waals surface area contributed by atoms with E-state index in [1.807, 2.05) is 71.6 Å². The Kier molecular flexibility index (Phi) is 5.17. The smallest absolute Gasteiger partial charge is 0.185 e. The van der Waals surface area contributed by atoms with Crippen LogP contribution in [0.4, 0.5) is 5.69 Å². The predicted octanol–water partition coefficient (Wildman–Crippen LogP) is 6.01. The fourth-order valence-electron chi connectivity index (χ4n) is 6.88. The van der Waals surface area contributed by atoms with Crippen LogP contribution in [0.25, 0.3) is 6.08 Å². The van der Waals surface area contributed by atoms with Gasteiger partial charge in [-0.25, -0.2) is 0 Å². The zero-order valence-electron chi connectivity index (χ0n) is 21.3. The first kappa shape index (κ1) is 23.4. The summed E-state index contributed by atoms with van der Waals surface area (Å²) >= 11 is 0. The monoisotopic (exact) mass is 511 g/mol. The number of nitrogens with zero attached hydrogens (tertiary/aromatic N) is 1. The molecule has 2 heterocycles. The lowest BCUT2D eigenvalue weighted by molar-refractivity contribution is 0.0666. The second-order valence-corrected chi connectivity index (χ2v) is 10.3. The van der Waals surface area contributed by atoms with Gasteiger partial charge < -0.3 is 9.64 Å². The molecule has 3 aliphatic rings. The Balaban J connectivity index is 1.52. The number of anilines is 1. The van der Waals surface area contributed by atoms with E-state index in [0.717, 1.165) is 16.8 Å². The van der Waals surface area contributed by atoms with E-state index in [1.165, 1.54) is 0 Å². The van der Waals surface area contributed by atoms with E-state index in [1.54, 1.807) is 55.6 Å². The molecule has 0 radical (unpaired) electrons. The van der Waals surface area contributed by atoms with Gasteiger partial charge in [0.2, 0.25) is 0 Å². The molecule has 0 N–H and O–H groups in total. The molecular formula is C34H25NO4. The number of carbonyl (C=O) groups is 3. The number of rotatable bonds is 4. The molecule has 5 heteroatoms. The van der Waals surface area contributed by atoms with Crippen molar-refractivity contribution in [2.24, 2.45) is 5.41 Å². The summed E-state index contributed by atoms with van der Waals surface area (Å²) in [4.78, 5) is 45.7. The molecule has 3 atom stereocenters. The number of hydrogen-bond donors (Lipinski definition) is 0. The Morgan fingerprint density at radius 1 is 0.769 bits per heavy atom. The van der Waals surface area contributed by atoms with Gasteiger partial charge in [-0.1, -0.05) is 84.9 Å². The van der Waals surface area contributed by atoms with Crippen molar-refractivity contribution >= 4 is 29.1 Å². The molecule has 3 unspecified atom stereocenters. The summed E-state index contributed by atoms with van der Waals surface area (Å²) in [6.07, 6.45) is 3.92. The third-order valence-corrected chi connectivity index (χ3v) is 8.51. The van der Waals surface area contributed by atoms with Crippen molar-refractivity contribution in [1.82, 2.24) is 0 Å². The highest BCUT2D eigenvalue weighted by molar-refractivity contribution is 6.32. The largest absolute Gasteiger partial charge is 0.497 e. The molecule has 39 heavy (non-hydrogen) atoms. The first-order valence-electron chi connectivity index (χ1n) is 13.0. The van der Waals surface area contributed by atoms with Crippen LogP contribution in [0.15, 0.2) is 109 Å². The molecule has 1 spiro atoms. The van der Waals surface area contributed by atoms with Crippen LogP contribution >= 0.6 is 0 Å². The quantitative estimate of drug-likeness (QED) is 0.248. The molecule has 0 amide bonds. The lowest BCUT2D eigenvalue weighted by Crippen LogP contribution is -2.48. The van der Waals surface area contributed by atoms with E-state index >= 15 is 0 Å². The molecule has 0 saturated carbocycles. The third-order valence-electron chi connectivity index (χ3n) is 8.51. The third kappa shape index (κ3) is 3.10. The number of hydrogen-bond acceptors (Lipinski definition) is 5. The van der Waals surface area contributed by atoms with Crippen LogP contribution in [-0.4, -0.2) is 36.5 Å². The summed E-state index contributed by atoms with van der Waals surface area (Å²) in [5.74, 6) is -0.645. The number of ether oxygens (including phenoxy) is 1. The topological polar surface area (TPSA) is 63.7 Å². The number of ketones is 3. The molecule has 7 rings (SSSR count). The summed E-state index contributed by atoms with van der Waals surface area (Å²) in [6.45, 7) is 0. The minimum absolute atomic E-state index is 0.143. The van der Waals surface area contributed by atoms with Crippen molar-refractivity contribution in [1.29, 1.82) is 0 Å². The number of carbonyl (C=O) groups excluding carboxylic acids is 3. The fourth-order valence-corrected chi connectivity index (χ4v) is 6.88. The maximum Gasteiger partial charge on any atom is 0.185 e. The number of fused-ring (bicyclic) bond motifs is 5. The van der Waals surface area contributed by atoms with Crippen LogP contribution in [0.2, 0.25) is 0 Å². The van der Waals surface area contributed by atoms with Crippen molar-refractivity contribution in [2.45, 2.75) is 18.0 Å². The zero-order chi connectivity index (χ0) is 26.7.